The van der Waals surface area contributed by atoms with Crippen LogP contribution in [-0.4, -0.2) is 37.0 Å². The minimum atomic E-state index is -4.48. The summed E-state index contributed by atoms with van der Waals surface area (Å²) in [5, 5.41) is 9.85. The van der Waals surface area contributed by atoms with Crippen molar-refractivity contribution in [1.82, 2.24) is 24.9 Å². The molecule has 0 saturated heterocycles. The summed E-state index contributed by atoms with van der Waals surface area (Å²) in [6, 6.07) is 5.27. The SMILES string of the molecule is [2H]C([2H])([2H])n1cc(Cc2ncc(-c3ccc(CC(=O)Nc4cc(C5(C(F)(F)F)CC5)on4)c(F)c3)cn2)c(C)n1. The van der Waals surface area contributed by atoms with Crippen LogP contribution in [0, 0.1) is 12.7 Å². The van der Waals surface area contributed by atoms with E-state index in [1.54, 1.807) is 13.0 Å². The molecule has 5 rings (SSSR count). The molecule has 37 heavy (non-hydrogen) atoms. The molecule has 0 bridgehead atoms. The van der Waals surface area contributed by atoms with Crippen LogP contribution in [0.4, 0.5) is 23.4 Å². The van der Waals surface area contributed by atoms with E-state index in [1.165, 1.54) is 30.7 Å². The van der Waals surface area contributed by atoms with Gasteiger partial charge < -0.3 is 9.84 Å². The second kappa shape index (κ2) is 9.09. The summed E-state index contributed by atoms with van der Waals surface area (Å²) in [6.07, 6.45) is -0.380. The third-order valence-electron chi connectivity index (χ3n) is 6.33. The summed E-state index contributed by atoms with van der Waals surface area (Å²) in [5.41, 5.74) is 0.187. The normalized spacial score (nSPS) is 16.1. The second-order valence-electron chi connectivity index (χ2n) is 8.94. The number of benzene rings is 1. The molecule has 192 valence electrons. The molecule has 1 amide bonds. The number of hydrogen-bond donors (Lipinski definition) is 1. The van der Waals surface area contributed by atoms with Gasteiger partial charge in [0.05, 0.1) is 12.1 Å². The molecule has 0 unspecified atom stereocenters. The quantitative estimate of drug-likeness (QED) is 0.358. The van der Waals surface area contributed by atoms with Gasteiger partial charge in [0, 0.05) is 53.3 Å². The largest absolute Gasteiger partial charge is 0.401 e. The number of rotatable bonds is 7. The summed E-state index contributed by atoms with van der Waals surface area (Å²) in [6.45, 7) is -0.697. The highest BCUT2D eigenvalue weighted by atomic mass is 19.4. The van der Waals surface area contributed by atoms with Crippen LogP contribution in [-0.2, 0) is 30.0 Å². The van der Waals surface area contributed by atoms with Crippen molar-refractivity contribution in [3.8, 4) is 11.1 Å². The molecule has 12 heteroatoms. The van der Waals surface area contributed by atoms with Crippen LogP contribution < -0.4 is 5.32 Å². The molecule has 0 radical (unpaired) electrons. The number of anilines is 1. The molecule has 1 N–H and O–H groups in total. The van der Waals surface area contributed by atoms with Gasteiger partial charge in [-0.3, -0.25) is 9.48 Å². The number of carbonyl (C=O) groups is 1. The van der Waals surface area contributed by atoms with Crippen LogP contribution in [0.1, 0.15) is 45.4 Å². The standard InChI is InChI=1S/C25H22F4N6O2/c1-14-17(13-35(2)33-14)8-21-30-11-18(12-31-21)15-3-4-16(19(26)7-15)9-23(36)32-22-10-20(37-34-22)24(5-6-24)25(27,28)29/h3-4,7,10-13H,5-6,8-9H2,1-2H3,(H,32,34,36)/i2D3. The second-order valence-corrected chi connectivity index (χ2v) is 8.94. The molecule has 1 aliphatic rings. The van der Waals surface area contributed by atoms with Crippen LogP contribution >= 0.6 is 0 Å². The maximum atomic E-state index is 14.8. The van der Waals surface area contributed by atoms with Gasteiger partial charge in [-0.1, -0.05) is 17.3 Å². The lowest BCUT2D eigenvalue weighted by atomic mass is 10.0. The Labute approximate surface area is 212 Å². The highest BCUT2D eigenvalue weighted by molar-refractivity contribution is 5.91. The number of amides is 1. The Morgan fingerprint density at radius 3 is 2.57 bits per heavy atom. The van der Waals surface area contributed by atoms with Crippen molar-refractivity contribution in [2.75, 3.05) is 5.32 Å². The van der Waals surface area contributed by atoms with Gasteiger partial charge in [-0.25, -0.2) is 14.4 Å². The van der Waals surface area contributed by atoms with Crippen LogP contribution in [0.3, 0.4) is 0 Å². The van der Waals surface area contributed by atoms with E-state index in [2.05, 4.69) is 25.5 Å². The molecule has 3 heterocycles. The van der Waals surface area contributed by atoms with E-state index < -0.39 is 30.3 Å². The van der Waals surface area contributed by atoms with Crippen molar-refractivity contribution in [1.29, 1.82) is 0 Å². The zero-order valence-corrected chi connectivity index (χ0v) is 19.4. The van der Waals surface area contributed by atoms with Gasteiger partial charge in [0.25, 0.3) is 0 Å². The summed E-state index contributed by atoms with van der Waals surface area (Å²) in [4.78, 5) is 21.0. The number of aromatic nitrogens is 5. The summed E-state index contributed by atoms with van der Waals surface area (Å²) < 4.78 is 82.7. The number of alkyl halides is 3. The minimum absolute atomic E-state index is 0.0678. The summed E-state index contributed by atoms with van der Waals surface area (Å²) in [5.74, 6) is -1.46. The van der Waals surface area contributed by atoms with Gasteiger partial charge in [-0.2, -0.15) is 18.3 Å². The fourth-order valence-electron chi connectivity index (χ4n) is 4.02. The van der Waals surface area contributed by atoms with Crippen LogP contribution in [0.2, 0.25) is 0 Å². The molecule has 3 aromatic heterocycles. The molecule has 8 nitrogen and oxygen atoms in total. The summed E-state index contributed by atoms with van der Waals surface area (Å²) >= 11 is 0. The number of nitrogens with zero attached hydrogens (tertiary/aromatic N) is 5. The predicted octanol–water partition coefficient (Wildman–Crippen LogP) is 4.68. The molecular formula is C25H22F4N6O2. The topological polar surface area (TPSA) is 98.7 Å². The van der Waals surface area contributed by atoms with E-state index >= 15 is 0 Å². The van der Waals surface area contributed by atoms with Gasteiger partial charge >= 0.3 is 6.18 Å². The van der Waals surface area contributed by atoms with Gasteiger partial charge in [-0.15, -0.1) is 0 Å². The Morgan fingerprint density at radius 2 is 1.95 bits per heavy atom. The first-order chi connectivity index (χ1) is 18.7. The Hall–Kier alpha value is -4.09. The van der Waals surface area contributed by atoms with Crippen molar-refractivity contribution in [2.24, 2.45) is 6.98 Å². The van der Waals surface area contributed by atoms with E-state index in [-0.39, 0.29) is 42.8 Å². The lowest BCUT2D eigenvalue weighted by molar-refractivity contribution is -0.165. The van der Waals surface area contributed by atoms with Gasteiger partial charge in [0.2, 0.25) is 5.91 Å². The lowest BCUT2D eigenvalue weighted by Crippen LogP contribution is -2.28. The third-order valence-corrected chi connectivity index (χ3v) is 6.33. The first-order valence-electron chi connectivity index (χ1n) is 12.7. The van der Waals surface area contributed by atoms with Crippen LogP contribution in [0.5, 0.6) is 0 Å². The lowest BCUT2D eigenvalue weighted by Gasteiger charge is -2.14. The summed E-state index contributed by atoms with van der Waals surface area (Å²) in [7, 11) is 0. The van der Waals surface area contributed by atoms with Crippen LogP contribution in [0.25, 0.3) is 11.1 Å². The highest BCUT2D eigenvalue weighted by Crippen LogP contribution is 2.59. The monoisotopic (exact) mass is 517 g/mol. The zero-order valence-electron chi connectivity index (χ0n) is 22.4. The number of carbonyl (C=O) groups excluding carboxylic acids is 1. The molecule has 1 fully saturated rings. The Balaban J connectivity index is 1.22. The van der Waals surface area contributed by atoms with Crippen molar-refractivity contribution in [3.63, 3.8) is 0 Å². The fraction of sp³-hybridized carbons (Fsp3) is 0.320. The predicted molar refractivity (Wildman–Crippen MR) is 124 cm³/mol. The molecule has 1 aliphatic carbocycles. The molecule has 1 saturated carbocycles. The minimum Gasteiger partial charge on any atom is -0.358 e. The Bertz CT molecular complexity index is 1560. The number of halogens is 4. The molecule has 0 aliphatic heterocycles. The number of aryl methyl sites for hydroxylation is 2. The third kappa shape index (κ3) is 4.95. The smallest absolute Gasteiger partial charge is 0.358 e. The van der Waals surface area contributed by atoms with Gasteiger partial charge in [-0.05, 0) is 37.0 Å². The average Bonchev–Trinajstić information content (AvgIpc) is 3.44. The van der Waals surface area contributed by atoms with Crippen molar-refractivity contribution in [3.05, 3.63) is 77.1 Å². The maximum Gasteiger partial charge on any atom is 0.401 e. The van der Waals surface area contributed by atoms with E-state index in [9.17, 15) is 22.4 Å². The Morgan fingerprint density at radius 1 is 1.19 bits per heavy atom. The van der Waals surface area contributed by atoms with Crippen molar-refractivity contribution >= 4 is 11.7 Å². The van der Waals surface area contributed by atoms with E-state index in [0.717, 1.165) is 10.7 Å². The highest BCUT2D eigenvalue weighted by Gasteiger charge is 2.66. The molecule has 4 aromatic rings. The van der Waals surface area contributed by atoms with E-state index in [1.807, 2.05) is 0 Å². The Kier molecular flexibility index (Phi) is 5.17. The molecular weight excluding hydrogens is 492 g/mol. The van der Waals surface area contributed by atoms with E-state index in [4.69, 9.17) is 8.64 Å². The molecule has 0 atom stereocenters. The number of hydrogen-bond acceptors (Lipinski definition) is 6. The first kappa shape index (κ1) is 21.0. The zero-order chi connectivity index (χ0) is 28.9. The van der Waals surface area contributed by atoms with Crippen LogP contribution in [0.15, 0.2) is 47.4 Å². The van der Waals surface area contributed by atoms with E-state index in [0.29, 0.717) is 28.2 Å². The van der Waals surface area contributed by atoms with Gasteiger partial charge in [0.1, 0.15) is 17.1 Å². The molecule has 0 spiro atoms. The molecule has 1 aromatic carbocycles. The average molecular weight is 518 g/mol. The first-order valence-corrected chi connectivity index (χ1v) is 11.2. The maximum absolute atomic E-state index is 14.8. The van der Waals surface area contributed by atoms with Gasteiger partial charge in [0.15, 0.2) is 11.6 Å². The van der Waals surface area contributed by atoms with Crippen molar-refractivity contribution in [2.45, 2.75) is 44.2 Å². The van der Waals surface area contributed by atoms with Crippen molar-refractivity contribution < 1.29 is 31.0 Å². The number of nitrogens with one attached hydrogen (secondary N) is 1. The fourth-order valence-corrected chi connectivity index (χ4v) is 4.02.